The lowest BCUT2D eigenvalue weighted by Crippen LogP contribution is -2.36. The van der Waals surface area contributed by atoms with Gasteiger partial charge in [0.15, 0.2) is 0 Å². The maximum absolute atomic E-state index is 13.6. The van der Waals surface area contributed by atoms with Crippen molar-refractivity contribution in [2.75, 3.05) is 18.9 Å². The van der Waals surface area contributed by atoms with Gasteiger partial charge in [-0.1, -0.05) is 39.0 Å². The van der Waals surface area contributed by atoms with Gasteiger partial charge in [0, 0.05) is 12.1 Å². The quantitative estimate of drug-likeness (QED) is 0.343. The van der Waals surface area contributed by atoms with Crippen LogP contribution in [0.3, 0.4) is 0 Å². The maximum Gasteiger partial charge on any atom is 0.459 e. The van der Waals surface area contributed by atoms with Crippen LogP contribution in [0, 0.1) is 11.8 Å². The molecule has 192 valence electrons. The van der Waals surface area contributed by atoms with Gasteiger partial charge in [0.25, 0.3) is 0 Å². The van der Waals surface area contributed by atoms with E-state index in [4.69, 9.17) is 24.3 Å². The van der Waals surface area contributed by atoms with E-state index >= 15 is 0 Å². The van der Waals surface area contributed by atoms with Gasteiger partial charge in [-0.2, -0.15) is 10.1 Å². The number of benzene rings is 1. The summed E-state index contributed by atoms with van der Waals surface area (Å²) in [6.45, 7) is 7.44. The smallest absolute Gasteiger partial charge is 0.459 e. The Morgan fingerprint density at radius 3 is 2.66 bits per heavy atom. The zero-order chi connectivity index (χ0) is 25.6. The Balaban J connectivity index is 1.68. The molecule has 11 nitrogen and oxygen atoms in total. The van der Waals surface area contributed by atoms with E-state index in [9.17, 15) is 14.2 Å². The summed E-state index contributed by atoms with van der Waals surface area (Å²) >= 11 is 0. The molecule has 1 aliphatic heterocycles. The summed E-state index contributed by atoms with van der Waals surface area (Å²) < 4.78 is 37.6. The normalized spacial score (nSPS) is 22.5. The molecule has 35 heavy (non-hydrogen) atoms. The fourth-order valence-corrected chi connectivity index (χ4v) is 5.06. The van der Waals surface area contributed by atoms with E-state index in [1.807, 2.05) is 20.8 Å². The number of carbonyl (C=O) groups is 1. The standard InChI is InChI=1S/C23H33N4O7P/c1-15(2)13-31-22(28)17(4)26-35(30,34-18-8-6-5-7-9-18)32-14-19-12-16(3)21(33-19)27-11-10-20(24)25-23(27)29/h5-11,15-17,19,21H,12-14H2,1-4H3,(H,26,30)(H2,24,25,29)/t16?,17-,19?,21?,35?/m0/s1. The zero-order valence-corrected chi connectivity index (χ0v) is 21.2. The van der Waals surface area contributed by atoms with Gasteiger partial charge >= 0.3 is 19.4 Å². The van der Waals surface area contributed by atoms with Crippen molar-refractivity contribution in [1.82, 2.24) is 14.6 Å². The fraction of sp³-hybridized carbons (Fsp3) is 0.522. The Hall–Kier alpha value is -2.72. The molecule has 2 aromatic rings. The number of esters is 1. The molecule has 2 heterocycles. The molecule has 1 aliphatic rings. The molecule has 1 saturated heterocycles. The van der Waals surface area contributed by atoms with Crippen LogP contribution in [0.4, 0.5) is 5.82 Å². The number of nitrogen functional groups attached to an aromatic ring is 1. The number of para-hydroxylation sites is 1. The maximum atomic E-state index is 13.6. The van der Waals surface area contributed by atoms with E-state index in [-0.39, 0.29) is 30.9 Å². The van der Waals surface area contributed by atoms with E-state index in [0.717, 1.165) is 0 Å². The lowest BCUT2D eigenvalue weighted by Gasteiger charge is -2.24. The van der Waals surface area contributed by atoms with Gasteiger partial charge in [-0.3, -0.25) is 13.9 Å². The minimum atomic E-state index is -4.01. The van der Waals surface area contributed by atoms with Crippen LogP contribution >= 0.6 is 7.75 Å². The number of nitrogens with two attached hydrogens (primary N) is 1. The topological polar surface area (TPSA) is 144 Å². The zero-order valence-electron chi connectivity index (χ0n) is 20.3. The molecule has 0 radical (unpaired) electrons. The van der Waals surface area contributed by atoms with Crippen molar-refractivity contribution in [3.8, 4) is 5.75 Å². The molecule has 0 amide bonds. The van der Waals surface area contributed by atoms with Gasteiger partial charge in [0.05, 0.1) is 19.3 Å². The van der Waals surface area contributed by atoms with Crippen LogP contribution in [-0.4, -0.2) is 40.9 Å². The number of hydrogen-bond donors (Lipinski definition) is 2. The first-order chi connectivity index (χ1) is 16.6. The molecule has 3 rings (SSSR count). The molecule has 5 atom stereocenters. The summed E-state index contributed by atoms with van der Waals surface area (Å²) in [6, 6.07) is 9.08. The minimum absolute atomic E-state index is 0.0426. The lowest BCUT2D eigenvalue weighted by atomic mass is 10.1. The number of nitrogens with one attached hydrogen (secondary N) is 1. The Morgan fingerprint density at radius 2 is 2.00 bits per heavy atom. The van der Waals surface area contributed by atoms with Crippen LogP contribution in [0.5, 0.6) is 5.75 Å². The van der Waals surface area contributed by atoms with Crippen molar-refractivity contribution in [1.29, 1.82) is 0 Å². The Bertz CT molecular complexity index is 1090. The number of aromatic nitrogens is 2. The number of ether oxygens (including phenoxy) is 2. The molecule has 0 saturated carbocycles. The van der Waals surface area contributed by atoms with E-state index in [2.05, 4.69) is 10.1 Å². The van der Waals surface area contributed by atoms with Gasteiger partial charge in [-0.15, -0.1) is 0 Å². The van der Waals surface area contributed by atoms with Crippen molar-refractivity contribution in [3.63, 3.8) is 0 Å². The van der Waals surface area contributed by atoms with Gasteiger partial charge in [-0.25, -0.2) is 9.36 Å². The van der Waals surface area contributed by atoms with E-state index in [1.54, 1.807) is 30.3 Å². The average Bonchev–Trinajstić information content (AvgIpc) is 3.17. The van der Waals surface area contributed by atoms with Crippen molar-refractivity contribution in [2.24, 2.45) is 11.8 Å². The van der Waals surface area contributed by atoms with Crippen LogP contribution in [-0.2, 0) is 23.4 Å². The number of hydrogen-bond acceptors (Lipinski definition) is 9. The van der Waals surface area contributed by atoms with Crippen molar-refractivity contribution in [2.45, 2.75) is 52.5 Å². The molecule has 0 aliphatic carbocycles. The highest BCUT2D eigenvalue weighted by Gasteiger charge is 2.38. The highest BCUT2D eigenvalue weighted by atomic mass is 31.2. The van der Waals surface area contributed by atoms with E-state index in [1.165, 1.54) is 23.8 Å². The third kappa shape index (κ3) is 7.63. The average molecular weight is 509 g/mol. The second kappa shape index (κ2) is 11.8. The number of carbonyl (C=O) groups excluding carboxylic acids is 1. The summed E-state index contributed by atoms with van der Waals surface area (Å²) in [5.41, 5.74) is 5.05. The summed E-state index contributed by atoms with van der Waals surface area (Å²) in [4.78, 5) is 28.3. The summed E-state index contributed by atoms with van der Waals surface area (Å²) in [5.74, 6) is -0.0145. The van der Waals surface area contributed by atoms with Crippen LogP contribution in [0.15, 0.2) is 47.4 Å². The van der Waals surface area contributed by atoms with Crippen molar-refractivity contribution >= 4 is 19.5 Å². The predicted octanol–water partition coefficient (Wildman–Crippen LogP) is 3.13. The molecule has 0 spiro atoms. The first kappa shape index (κ1) is 26.9. The lowest BCUT2D eigenvalue weighted by molar-refractivity contribution is -0.146. The monoisotopic (exact) mass is 508 g/mol. The van der Waals surface area contributed by atoms with Crippen molar-refractivity contribution < 1.29 is 27.9 Å². The number of anilines is 1. The van der Waals surface area contributed by atoms with Crippen LogP contribution in [0.2, 0.25) is 0 Å². The molecule has 0 bridgehead atoms. The summed E-state index contributed by atoms with van der Waals surface area (Å²) in [6.07, 6.45) is 1.03. The molecule has 3 N–H and O–H groups in total. The Kier molecular flexibility index (Phi) is 9.07. The second-order valence-corrected chi connectivity index (χ2v) is 10.7. The number of rotatable bonds is 11. The van der Waals surface area contributed by atoms with E-state index in [0.29, 0.717) is 12.2 Å². The fourth-order valence-electron chi connectivity index (χ4n) is 3.54. The molecule has 12 heteroatoms. The van der Waals surface area contributed by atoms with Gasteiger partial charge in [-0.05, 0) is 37.5 Å². The van der Waals surface area contributed by atoms with Crippen LogP contribution in [0.25, 0.3) is 0 Å². The molecule has 1 aromatic carbocycles. The first-order valence-electron chi connectivity index (χ1n) is 11.5. The molecule has 4 unspecified atom stereocenters. The minimum Gasteiger partial charge on any atom is -0.464 e. The largest absolute Gasteiger partial charge is 0.464 e. The SMILES string of the molecule is CC(C)COC(=O)[C@H](C)NP(=O)(OCC1CC(C)C(n2ccc(N)nc2=O)O1)Oc1ccccc1. The van der Waals surface area contributed by atoms with Gasteiger partial charge in [0.2, 0.25) is 0 Å². The highest BCUT2D eigenvalue weighted by molar-refractivity contribution is 7.52. The van der Waals surface area contributed by atoms with Gasteiger partial charge in [0.1, 0.15) is 23.8 Å². The molecule has 1 aromatic heterocycles. The Morgan fingerprint density at radius 1 is 1.29 bits per heavy atom. The van der Waals surface area contributed by atoms with Crippen molar-refractivity contribution in [3.05, 3.63) is 53.1 Å². The molecule has 1 fully saturated rings. The van der Waals surface area contributed by atoms with Crippen LogP contribution in [0.1, 0.15) is 40.3 Å². The Labute approximate surface area is 204 Å². The summed E-state index contributed by atoms with van der Waals surface area (Å²) in [5, 5.41) is 2.66. The third-order valence-corrected chi connectivity index (χ3v) is 6.89. The second-order valence-electron chi connectivity index (χ2n) is 8.98. The predicted molar refractivity (Wildman–Crippen MR) is 130 cm³/mol. The van der Waals surface area contributed by atoms with E-state index < -0.39 is 37.8 Å². The highest BCUT2D eigenvalue weighted by Crippen LogP contribution is 2.46. The molecular weight excluding hydrogens is 475 g/mol. The molecular formula is C23H33N4O7P. The summed E-state index contributed by atoms with van der Waals surface area (Å²) in [7, 11) is -4.01. The van der Waals surface area contributed by atoms with Gasteiger partial charge < -0.3 is 19.7 Å². The third-order valence-electron chi connectivity index (χ3n) is 5.24. The number of nitrogens with zero attached hydrogens (tertiary/aromatic N) is 2. The first-order valence-corrected chi connectivity index (χ1v) is 13.0. The van der Waals surface area contributed by atoms with Crippen LogP contribution < -0.4 is 21.0 Å².